The van der Waals surface area contributed by atoms with Gasteiger partial charge in [0.1, 0.15) is 17.0 Å². The van der Waals surface area contributed by atoms with E-state index in [0.29, 0.717) is 29.4 Å². The van der Waals surface area contributed by atoms with Gasteiger partial charge in [-0.05, 0) is 24.6 Å². The van der Waals surface area contributed by atoms with E-state index in [0.717, 1.165) is 5.56 Å². The first-order valence-electron chi connectivity index (χ1n) is 5.96. The van der Waals surface area contributed by atoms with Crippen LogP contribution in [-0.4, -0.2) is 30.5 Å². The highest BCUT2D eigenvalue weighted by atomic mass is 16.5. The molecule has 0 saturated heterocycles. The molecule has 1 N–H and O–H groups in total. The van der Waals surface area contributed by atoms with Crippen molar-refractivity contribution in [2.24, 2.45) is 0 Å². The van der Waals surface area contributed by atoms with E-state index in [2.05, 4.69) is 5.16 Å². The lowest BCUT2D eigenvalue weighted by atomic mass is 10.1. The van der Waals surface area contributed by atoms with Gasteiger partial charge < -0.3 is 19.1 Å². The van der Waals surface area contributed by atoms with Crippen molar-refractivity contribution in [1.82, 2.24) is 5.16 Å². The molecule has 0 fully saturated rings. The molecule has 1 aromatic carbocycles. The van der Waals surface area contributed by atoms with Crippen LogP contribution in [0.1, 0.15) is 27.4 Å². The fourth-order valence-electron chi connectivity index (χ4n) is 2.00. The lowest BCUT2D eigenvalue weighted by Crippen LogP contribution is -2.03. The minimum atomic E-state index is -1.04. The van der Waals surface area contributed by atoms with Crippen LogP contribution in [0.5, 0.6) is 11.5 Å². The van der Waals surface area contributed by atoms with Crippen molar-refractivity contribution < 1.29 is 23.9 Å². The molecule has 0 spiro atoms. The molecule has 0 aliphatic rings. The number of aryl methyl sites for hydroxylation is 1. The quantitative estimate of drug-likeness (QED) is 0.903. The molecule has 0 atom stereocenters. The van der Waals surface area contributed by atoms with Crippen molar-refractivity contribution in [3.8, 4) is 11.5 Å². The first-order chi connectivity index (χ1) is 9.56. The molecule has 6 nitrogen and oxygen atoms in total. The number of ether oxygens (including phenoxy) is 2. The van der Waals surface area contributed by atoms with Crippen molar-refractivity contribution in [3.05, 3.63) is 40.8 Å². The molecule has 1 heterocycles. The first kappa shape index (κ1) is 13.9. The summed E-state index contributed by atoms with van der Waals surface area (Å²) < 4.78 is 15.3. The van der Waals surface area contributed by atoms with Gasteiger partial charge in [-0.3, -0.25) is 0 Å². The van der Waals surface area contributed by atoms with Crippen molar-refractivity contribution in [2.75, 3.05) is 14.2 Å². The second-order valence-corrected chi connectivity index (χ2v) is 4.23. The number of hydrogen-bond acceptors (Lipinski definition) is 5. The molecule has 106 valence electrons. The van der Waals surface area contributed by atoms with Gasteiger partial charge in [0, 0.05) is 6.42 Å². The second-order valence-electron chi connectivity index (χ2n) is 4.23. The van der Waals surface area contributed by atoms with Crippen molar-refractivity contribution in [1.29, 1.82) is 0 Å². The molecular formula is C14H15NO5. The zero-order chi connectivity index (χ0) is 14.7. The summed E-state index contributed by atoms with van der Waals surface area (Å²) in [7, 11) is 3.10. The number of carbonyl (C=O) groups is 1. The summed E-state index contributed by atoms with van der Waals surface area (Å²) in [6, 6.07) is 5.38. The third kappa shape index (κ3) is 2.59. The van der Waals surface area contributed by atoms with Crippen LogP contribution in [-0.2, 0) is 6.42 Å². The number of benzene rings is 1. The Labute approximate surface area is 115 Å². The maximum atomic E-state index is 11.2. The zero-order valence-electron chi connectivity index (χ0n) is 11.5. The van der Waals surface area contributed by atoms with Crippen LogP contribution in [0.4, 0.5) is 0 Å². The fraction of sp³-hybridized carbons (Fsp3) is 0.286. The predicted octanol–water partition coefficient (Wildman–Crippen LogP) is 2.29. The lowest BCUT2D eigenvalue weighted by Gasteiger charge is -2.09. The van der Waals surface area contributed by atoms with Crippen LogP contribution in [0.15, 0.2) is 22.7 Å². The van der Waals surface area contributed by atoms with Gasteiger partial charge in [0.15, 0.2) is 11.5 Å². The molecule has 0 bridgehead atoms. The van der Waals surface area contributed by atoms with Crippen LogP contribution in [0.2, 0.25) is 0 Å². The average molecular weight is 277 g/mol. The number of carboxylic acid groups (broad SMARTS) is 1. The zero-order valence-corrected chi connectivity index (χ0v) is 11.5. The number of rotatable bonds is 5. The standard InChI is InChI=1S/C14H15NO5/c1-8-13(14(16)17)10(15-20-8)6-9-4-5-11(18-2)12(7-9)19-3/h4-5,7H,6H2,1-3H3,(H,16,17). The van der Waals surface area contributed by atoms with Crippen molar-refractivity contribution >= 4 is 5.97 Å². The Morgan fingerprint density at radius 3 is 2.60 bits per heavy atom. The van der Waals surface area contributed by atoms with Crippen LogP contribution < -0.4 is 9.47 Å². The number of aromatic nitrogens is 1. The number of aromatic carboxylic acids is 1. The predicted molar refractivity (Wildman–Crippen MR) is 70.6 cm³/mol. The van der Waals surface area contributed by atoms with E-state index in [1.807, 2.05) is 6.07 Å². The molecule has 6 heteroatoms. The van der Waals surface area contributed by atoms with E-state index in [1.54, 1.807) is 33.3 Å². The minimum absolute atomic E-state index is 0.111. The maximum Gasteiger partial charge on any atom is 0.341 e. The van der Waals surface area contributed by atoms with Gasteiger partial charge in [0.25, 0.3) is 0 Å². The van der Waals surface area contributed by atoms with Crippen LogP contribution in [0.25, 0.3) is 0 Å². The second kappa shape index (κ2) is 5.64. The Bertz CT molecular complexity index is 632. The normalized spacial score (nSPS) is 10.3. The van der Waals surface area contributed by atoms with Crippen LogP contribution >= 0.6 is 0 Å². The largest absolute Gasteiger partial charge is 0.493 e. The SMILES string of the molecule is COc1ccc(Cc2noc(C)c2C(=O)O)cc1OC. The van der Waals surface area contributed by atoms with Gasteiger partial charge in [-0.15, -0.1) is 0 Å². The van der Waals surface area contributed by atoms with Crippen LogP contribution in [0.3, 0.4) is 0 Å². The Hall–Kier alpha value is -2.50. The number of nitrogens with zero attached hydrogens (tertiary/aromatic N) is 1. The summed E-state index contributed by atoms with van der Waals surface area (Å²) in [6.45, 7) is 1.58. The Kier molecular flexibility index (Phi) is 3.93. The summed E-state index contributed by atoms with van der Waals surface area (Å²) in [4.78, 5) is 11.2. The molecular weight excluding hydrogens is 262 g/mol. The molecule has 0 radical (unpaired) electrons. The van der Waals surface area contributed by atoms with Crippen LogP contribution in [0, 0.1) is 6.92 Å². The molecule has 1 aromatic heterocycles. The number of methoxy groups -OCH3 is 2. The maximum absolute atomic E-state index is 11.2. The van der Waals surface area contributed by atoms with Gasteiger partial charge in [0.05, 0.1) is 14.2 Å². The Morgan fingerprint density at radius 1 is 1.30 bits per heavy atom. The summed E-state index contributed by atoms with van der Waals surface area (Å²) in [5, 5.41) is 13.0. The van der Waals surface area contributed by atoms with E-state index < -0.39 is 5.97 Å². The van der Waals surface area contributed by atoms with Gasteiger partial charge in [-0.2, -0.15) is 0 Å². The van der Waals surface area contributed by atoms with E-state index in [1.165, 1.54) is 0 Å². The summed E-state index contributed by atoms with van der Waals surface area (Å²) >= 11 is 0. The molecule has 0 aliphatic carbocycles. The van der Waals surface area contributed by atoms with E-state index >= 15 is 0 Å². The molecule has 0 aliphatic heterocycles. The van der Waals surface area contributed by atoms with Crippen molar-refractivity contribution in [2.45, 2.75) is 13.3 Å². The van der Waals surface area contributed by atoms with Gasteiger partial charge >= 0.3 is 5.97 Å². The van der Waals surface area contributed by atoms with E-state index in [-0.39, 0.29) is 5.56 Å². The first-order valence-corrected chi connectivity index (χ1v) is 5.96. The summed E-state index contributed by atoms with van der Waals surface area (Å²) in [5.74, 6) is 0.459. The van der Waals surface area contributed by atoms with Gasteiger partial charge in [-0.1, -0.05) is 11.2 Å². The van der Waals surface area contributed by atoms with Crippen molar-refractivity contribution in [3.63, 3.8) is 0 Å². The highest BCUT2D eigenvalue weighted by Gasteiger charge is 2.20. The van der Waals surface area contributed by atoms with Gasteiger partial charge in [0.2, 0.25) is 0 Å². The monoisotopic (exact) mass is 277 g/mol. The molecule has 2 rings (SSSR count). The number of hydrogen-bond donors (Lipinski definition) is 1. The summed E-state index contributed by atoms with van der Waals surface area (Å²) in [5.41, 5.74) is 1.36. The Balaban J connectivity index is 2.33. The lowest BCUT2D eigenvalue weighted by molar-refractivity contribution is 0.0694. The third-order valence-corrected chi connectivity index (χ3v) is 2.97. The average Bonchev–Trinajstić information content (AvgIpc) is 2.79. The molecule has 0 saturated carbocycles. The summed E-state index contributed by atoms with van der Waals surface area (Å²) in [6.07, 6.45) is 0.347. The number of carboxylic acids is 1. The van der Waals surface area contributed by atoms with E-state index in [9.17, 15) is 4.79 Å². The smallest absolute Gasteiger partial charge is 0.341 e. The fourth-order valence-corrected chi connectivity index (χ4v) is 2.00. The van der Waals surface area contributed by atoms with E-state index in [4.69, 9.17) is 19.1 Å². The molecule has 0 amide bonds. The minimum Gasteiger partial charge on any atom is -0.493 e. The Morgan fingerprint density at radius 2 is 2.00 bits per heavy atom. The highest BCUT2D eigenvalue weighted by molar-refractivity contribution is 5.90. The van der Waals surface area contributed by atoms with Gasteiger partial charge in [-0.25, -0.2) is 4.79 Å². The topological polar surface area (TPSA) is 81.8 Å². The molecule has 20 heavy (non-hydrogen) atoms. The highest BCUT2D eigenvalue weighted by Crippen LogP contribution is 2.29. The third-order valence-electron chi connectivity index (χ3n) is 2.97. The molecule has 2 aromatic rings. The molecule has 0 unspecified atom stereocenters.